The molecule has 6 heteroatoms. The average Bonchev–Trinajstić information content (AvgIpc) is 2.12. The Balaban J connectivity index is 3.50. The Labute approximate surface area is 82.6 Å². The minimum atomic E-state index is -1.05. The predicted octanol–water partition coefficient (Wildman–Crippen LogP) is -1.19. The molecule has 0 bridgehead atoms. The Morgan fingerprint density at radius 2 is 2.14 bits per heavy atom. The average molecular weight is 204 g/mol. The molecule has 0 aliphatic heterocycles. The van der Waals surface area contributed by atoms with Crippen LogP contribution in [0.2, 0.25) is 0 Å². The molecule has 1 amide bonds. The van der Waals surface area contributed by atoms with Gasteiger partial charge in [-0.1, -0.05) is 0 Å². The number of carbonyl (C=O) groups is 2. The topological polar surface area (TPSA) is 87.7 Å². The number of nitrogens with one attached hydrogen (secondary N) is 2. The number of carbonyl (C=O) groups excluding carboxylic acids is 1. The second-order valence-corrected chi connectivity index (χ2v) is 2.80. The minimum Gasteiger partial charge on any atom is -0.480 e. The summed E-state index contributed by atoms with van der Waals surface area (Å²) < 4.78 is 4.75. The van der Waals surface area contributed by atoms with Crippen LogP contribution in [0.1, 0.15) is 6.92 Å². The van der Waals surface area contributed by atoms with E-state index in [0.29, 0.717) is 13.2 Å². The number of hydrogen-bond donors (Lipinski definition) is 3. The first kappa shape index (κ1) is 12.9. The molecule has 14 heavy (non-hydrogen) atoms. The summed E-state index contributed by atoms with van der Waals surface area (Å²) >= 11 is 0. The maximum Gasteiger partial charge on any atom is 0.325 e. The third-order valence-electron chi connectivity index (χ3n) is 1.52. The first-order valence-corrected chi connectivity index (χ1v) is 4.29. The van der Waals surface area contributed by atoms with E-state index in [0.717, 1.165) is 0 Å². The maximum atomic E-state index is 11.0. The number of carboxylic acids is 1. The van der Waals surface area contributed by atoms with Crippen LogP contribution in [0.15, 0.2) is 0 Å². The van der Waals surface area contributed by atoms with E-state index in [4.69, 9.17) is 9.84 Å². The van der Waals surface area contributed by atoms with Crippen LogP contribution in [-0.4, -0.2) is 49.8 Å². The molecule has 1 atom stereocenters. The number of rotatable bonds is 7. The zero-order valence-electron chi connectivity index (χ0n) is 8.37. The van der Waals surface area contributed by atoms with Crippen LogP contribution in [0.25, 0.3) is 0 Å². The van der Waals surface area contributed by atoms with Crippen molar-refractivity contribution in [1.29, 1.82) is 0 Å². The van der Waals surface area contributed by atoms with Crippen molar-refractivity contribution in [3.63, 3.8) is 0 Å². The molecular weight excluding hydrogens is 188 g/mol. The van der Waals surface area contributed by atoms with Gasteiger partial charge in [-0.15, -0.1) is 0 Å². The number of hydrogen-bond acceptors (Lipinski definition) is 4. The van der Waals surface area contributed by atoms with E-state index in [1.54, 1.807) is 7.11 Å². The lowest BCUT2D eigenvalue weighted by molar-refractivity contribution is -0.141. The van der Waals surface area contributed by atoms with Gasteiger partial charge in [0.05, 0.1) is 13.2 Å². The fourth-order valence-electron chi connectivity index (χ4n) is 0.730. The van der Waals surface area contributed by atoms with Crippen molar-refractivity contribution in [3.8, 4) is 0 Å². The third-order valence-corrected chi connectivity index (χ3v) is 1.52. The SMILES string of the molecule is COCCNCC(=O)NC(C)C(=O)O. The standard InChI is InChI=1S/C8H16N2O4/c1-6(8(12)13)10-7(11)5-9-3-4-14-2/h6,9H,3-5H2,1-2H3,(H,10,11)(H,12,13). The van der Waals surface area contributed by atoms with E-state index >= 15 is 0 Å². The van der Waals surface area contributed by atoms with E-state index in [2.05, 4.69) is 10.6 Å². The highest BCUT2D eigenvalue weighted by Crippen LogP contribution is 1.80. The summed E-state index contributed by atoms with van der Waals surface area (Å²) in [6.45, 7) is 2.59. The number of aliphatic carboxylic acids is 1. The lowest BCUT2D eigenvalue weighted by atomic mass is 10.3. The Hall–Kier alpha value is -1.14. The second-order valence-electron chi connectivity index (χ2n) is 2.80. The summed E-state index contributed by atoms with van der Waals surface area (Å²) in [6, 6.07) is -0.855. The van der Waals surface area contributed by atoms with Crippen molar-refractivity contribution in [3.05, 3.63) is 0 Å². The molecule has 0 aromatic rings. The van der Waals surface area contributed by atoms with Crippen LogP contribution in [0, 0.1) is 0 Å². The number of carboxylic acid groups (broad SMARTS) is 1. The molecular formula is C8H16N2O4. The number of ether oxygens (including phenoxy) is 1. The smallest absolute Gasteiger partial charge is 0.325 e. The predicted molar refractivity (Wildman–Crippen MR) is 50.0 cm³/mol. The van der Waals surface area contributed by atoms with E-state index in [9.17, 15) is 9.59 Å². The van der Waals surface area contributed by atoms with Gasteiger partial charge in [-0.2, -0.15) is 0 Å². The first-order chi connectivity index (χ1) is 6.57. The van der Waals surface area contributed by atoms with Gasteiger partial charge < -0.3 is 20.5 Å². The van der Waals surface area contributed by atoms with Gasteiger partial charge in [-0.3, -0.25) is 9.59 Å². The molecule has 1 unspecified atom stereocenters. The number of methoxy groups -OCH3 is 1. The molecule has 3 N–H and O–H groups in total. The lowest BCUT2D eigenvalue weighted by Gasteiger charge is -2.09. The number of amides is 1. The zero-order chi connectivity index (χ0) is 11.0. The van der Waals surface area contributed by atoms with Crippen LogP contribution in [0.5, 0.6) is 0 Å². The molecule has 6 nitrogen and oxygen atoms in total. The highest BCUT2D eigenvalue weighted by atomic mass is 16.5. The highest BCUT2D eigenvalue weighted by Gasteiger charge is 2.12. The molecule has 0 aliphatic rings. The van der Waals surface area contributed by atoms with Gasteiger partial charge in [-0.25, -0.2) is 0 Å². The van der Waals surface area contributed by atoms with E-state index in [1.165, 1.54) is 6.92 Å². The summed E-state index contributed by atoms with van der Waals surface area (Å²) in [4.78, 5) is 21.4. The monoisotopic (exact) mass is 204 g/mol. The zero-order valence-corrected chi connectivity index (χ0v) is 8.37. The van der Waals surface area contributed by atoms with Gasteiger partial charge in [0.25, 0.3) is 0 Å². The molecule has 82 valence electrons. The second kappa shape index (κ2) is 7.28. The molecule has 0 spiro atoms. The minimum absolute atomic E-state index is 0.0982. The molecule has 0 fully saturated rings. The van der Waals surface area contributed by atoms with Gasteiger partial charge in [0.2, 0.25) is 5.91 Å². The van der Waals surface area contributed by atoms with Crippen LogP contribution in [0.3, 0.4) is 0 Å². The summed E-state index contributed by atoms with van der Waals surface area (Å²) in [5.74, 6) is -1.38. The third kappa shape index (κ3) is 6.38. The van der Waals surface area contributed by atoms with Crippen LogP contribution < -0.4 is 10.6 Å². The van der Waals surface area contributed by atoms with Gasteiger partial charge in [-0.05, 0) is 6.92 Å². The molecule has 0 radical (unpaired) electrons. The van der Waals surface area contributed by atoms with Crippen LogP contribution >= 0.6 is 0 Å². The molecule has 0 aromatic carbocycles. The fraction of sp³-hybridized carbons (Fsp3) is 0.750. The summed E-state index contributed by atoms with van der Waals surface area (Å²) in [5, 5.41) is 13.6. The Bertz CT molecular complexity index is 196. The molecule has 0 aromatic heterocycles. The fourth-order valence-corrected chi connectivity index (χ4v) is 0.730. The van der Waals surface area contributed by atoms with Crippen LogP contribution in [-0.2, 0) is 14.3 Å². The lowest BCUT2D eigenvalue weighted by Crippen LogP contribution is -2.43. The quantitative estimate of drug-likeness (QED) is 0.454. The Morgan fingerprint density at radius 1 is 1.50 bits per heavy atom. The molecule has 0 rings (SSSR count). The molecule has 0 saturated heterocycles. The van der Waals surface area contributed by atoms with Crippen molar-refractivity contribution in [2.45, 2.75) is 13.0 Å². The Kier molecular flexibility index (Phi) is 6.69. The largest absolute Gasteiger partial charge is 0.480 e. The van der Waals surface area contributed by atoms with Crippen molar-refractivity contribution in [1.82, 2.24) is 10.6 Å². The summed E-state index contributed by atoms with van der Waals surface area (Å²) in [7, 11) is 1.56. The van der Waals surface area contributed by atoms with E-state index in [-0.39, 0.29) is 12.5 Å². The van der Waals surface area contributed by atoms with Crippen molar-refractivity contribution >= 4 is 11.9 Å². The molecule has 0 saturated carbocycles. The van der Waals surface area contributed by atoms with Gasteiger partial charge in [0.1, 0.15) is 6.04 Å². The highest BCUT2D eigenvalue weighted by molar-refractivity contribution is 5.84. The summed E-state index contributed by atoms with van der Waals surface area (Å²) in [6.07, 6.45) is 0. The molecule has 0 aliphatic carbocycles. The normalized spacial score (nSPS) is 12.1. The van der Waals surface area contributed by atoms with Gasteiger partial charge >= 0.3 is 5.97 Å². The first-order valence-electron chi connectivity index (χ1n) is 4.29. The van der Waals surface area contributed by atoms with Crippen molar-refractivity contribution < 1.29 is 19.4 Å². The maximum absolute atomic E-state index is 11.0. The van der Waals surface area contributed by atoms with Crippen molar-refractivity contribution in [2.24, 2.45) is 0 Å². The van der Waals surface area contributed by atoms with Gasteiger partial charge in [0, 0.05) is 13.7 Å². The molecule has 0 heterocycles. The van der Waals surface area contributed by atoms with Gasteiger partial charge in [0.15, 0.2) is 0 Å². The summed E-state index contributed by atoms with van der Waals surface area (Å²) in [5.41, 5.74) is 0. The Morgan fingerprint density at radius 3 is 2.64 bits per heavy atom. The van der Waals surface area contributed by atoms with Crippen LogP contribution in [0.4, 0.5) is 0 Å². The van der Waals surface area contributed by atoms with E-state index in [1.807, 2.05) is 0 Å². The van der Waals surface area contributed by atoms with E-state index < -0.39 is 12.0 Å². The van der Waals surface area contributed by atoms with Crippen molar-refractivity contribution in [2.75, 3.05) is 26.8 Å².